The average molecular weight is 272 g/mol. The lowest BCUT2D eigenvalue weighted by Crippen LogP contribution is -2.30. The van der Waals surface area contributed by atoms with Gasteiger partial charge in [0, 0.05) is 37.9 Å². The van der Waals surface area contributed by atoms with E-state index in [9.17, 15) is 0 Å². The van der Waals surface area contributed by atoms with E-state index in [2.05, 4.69) is 42.3 Å². The molecule has 2 atom stereocenters. The van der Waals surface area contributed by atoms with Crippen molar-refractivity contribution in [1.29, 1.82) is 0 Å². The van der Waals surface area contributed by atoms with Gasteiger partial charge in [-0.25, -0.2) is 0 Å². The summed E-state index contributed by atoms with van der Waals surface area (Å²) in [5.41, 5.74) is 8.78. The molecule has 0 aliphatic carbocycles. The first kappa shape index (κ1) is 14.8. The van der Waals surface area contributed by atoms with E-state index in [0.717, 1.165) is 13.1 Å². The molecule has 20 heavy (non-hydrogen) atoms. The minimum atomic E-state index is 0.0764. The number of nitrogens with zero attached hydrogens (tertiary/aromatic N) is 3. The van der Waals surface area contributed by atoms with E-state index in [1.165, 1.54) is 11.1 Å². The van der Waals surface area contributed by atoms with Gasteiger partial charge >= 0.3 is 0 Å². The highest BCUT2D eigenvalue weighted by Gasteiger charge is 2.16. The number of hydrogen-bond acceptors (Lipinski definition) is 3. The summed E-state index contributed by atoms with van der Waals surface area (Å²) in [6.45, 7) is 4.07. The molecule has 0 saturated carbocycles. The quantitative estimate of drug-likeness (QED) is 0.877. The van der Waals surface area contributed by atoms with Crippen LogP contribution in [0, 0.1) is 5.92 Å². The van der Waals surface area contributed by atoms with Crippen LogP contribution in [0.2, 0.25) is 0 Å². The van der Waals surface area contributed by atoms with Crippen LogP contribution in [0.1, 0.15) is 24.1 Å². The Morgan fingerprint density at radius 1 is 1.30 bits per heavy atom. The maximum absolute atomic E-state index is 6.34. The molecule has 2 unspecified atom stereocenters. The van der Waals surface area contributed by atoms with Crippen molar-refractivity contribution < 1.29 is 0 Å². The molecule has 0 fully saturated rings. The van der Waals surface area contributed by atoms with Crippen molar-refractivity contribution in [3.05, 3.63) is 53.9 Å². The van der Waals surface area contributed by atoms with Gasteiger partial charge < -0.3 is 10.6 Å². The molecule has 0 aliphatic heterocycles. The van der Waals surface area contributed by atoms with Gasteiger partial charge in [0.1, 0.15) is 0 Å². The summed E-state index contributed by atoms with van der Waals surface area (Å²) in [6.07, 6.45) is 3.97. The number of aromatic nitrogens is 2. The molecule has 1 aromatic heterocycles. The monoisotopic (exact) mass is 272 g/mol. The first-order valence-electron chi connectivity index (χ1n) is 7.03. The Bertz CT molecular complexity index is 520. The predicted octanol–water partition coefficient (Wildman–Crippen LogP) is 2.19. The van der Waals surface area contributed by atoms with Crippen LogP contribution in [-0.2, 0) is 13.6 Å². The fraction of sp³-hybridized carbons (Fsp3) is 0.438. The molecule has 4 nitrogen and oxygen atoms in total. The molecule has 4 heteroatoms. The third-order valence-corrected chi connectivity index (χ3v) is 3.61. The summed E-state index contributed by atoms with van der Waals surface area (Å²) in [5, 5.41) is 4.20. The zero-order chi connectivity index (χ0) is 14.5. The summed E-state index contributed by atoms with van der Waals surface area (Å²) >= 11 is 0. The normalized spacial score (nSPS) is 14.4. The van der Waals surface area contributed by atoms with Crippen LogP contribution in [0.5, 0.6) is 0 Å². The third kappa shape index (κ3) is 3.92. The largest absolute Gasteiger partial charge is 0.324 e. The summed E-state index contributed by atoms with van der Waals surface area (Å²) in [4.78, 5) is 2.30. The van der Waals surface area contributed by atoms with Crippen molar-refractivity contribution in [1.82, 2.24) is 14.7 Å². The first-order chi connectivity index (χ1) is 9.56. The van der Waals surface area contributed by atoms with Crippen LogP contribution in [-0.4, -0.2) is 28.3 Å². The van der Waals surface area contributed by atoms with Crippen LogP contribution < -0.4 is 5.73 Å². The van der Waals surface area contributed by atoms with E-state index in [1.54, 1.807) is 0 Å². The highest BCUT2D eigenvalue weighted by molar-refractivity contribution is 5.19. The second kappa shape index (κ2) is 6.68. The lowest BCUT2D eigenvalue weighted by molar-refractivity contribution is 0.258. The molecular weight excluding hydrogens is 248 g/mol. The Morgan fingerprint density at radius 3 is 2.60 bits per heavy atom. The highest BCUT2D eigenvalue weighted by Crippen LogP contribution is 2.20. The summed E-state index contributed by atoms with van der Waals surface area (Å²) in [5.74, 6) is 0.402. The van der Waals surface area contributed by atoms with E-state index >= 15 is 0 Å². The zero-order valence-electron chi connectivity index (χ0n) is 12.5. The first-order valence-corrected chi connectivity index (χ1v) is 7.03. The molecule has 1 aromatic carbocycles. The van der Waals surface area contributed by atoms with E-state index in [0.29, 0.717) is 5.92 Å². The van der Waals surface area contributed by atoms with Crippen molar-refractivity contribution in [2.45, 2.75) is 19.5 Å². The van der Waals surface area contributed by atoms with Gasteiger partial charge in [-0.05, 0) is 18.5 Å². The van der Waals surface area contributed by atoms with Gasteiger partial charge in [-0.2, -0.15) is 5.10 Å². The molecule has 0 radical (unpaired) electrons. The minimum Gasteiger partial charge on any atom is -0.324 e. The Kier molecular flexibility index (Phi) is 4.93. The number of aryl methyl sites for hydroxylation is 1. The van der Waals surface area contributed by atoms with Crippen molar-refractivity contribution in [3.8, 4) is 0 Å². The van der Waals surface area contributed by atoms with E-state index in [1.807, 2.05) is 36.1 Å². The van der Waals surface area contributed by atoms with Gasteiger partial charge in [-0.15, -0.1) is 0 Å². The van der Waals surface area contributed by atoms with Crippen LogP contribution in [0.15, 0.2) is 42.7 Å². The van der Waals surface area contributed by atoms with Gasteiger partial charge in [0.05, 0.1) is 6.20 Å². The molecule has 2 N–H and O–H groups in total. The van der Waals surface area contributed by atoms with Crippen LogP contribution in [0.25, 0.3) is 0 Å². The van der Waals surface area contributed by atoms with Crippen molar-refractivity contribution in [2.75, 3.05) is 13.6 Å². The summed E-state index contributed by atoms with van der Waals surface area (Å²) < 4.78 is 1.84. The maximum Gasteiger partial charge on any atom is 0.0534 e. The molecule has 108 valence electrons. The molecule has 2 aromatic rings. The Hall–Kier alpha value is -1.65. The van der Waals surface area contributed by atoms with E-state index in [-0.39, 0.29) is 6.04 Å². The predicted molar refractivity (Wildman–Crippen MR) is 82.1 cm³/mol. The van der Waals surface area contributed by atoms with Gasteiger partial charge in [-0.1, -0.05) is 37.3 Å². The van der Waals surface area contributed by atoms with Gasteiger partial charge in [-0.3, -0.25) is 4.68 Å². The smallest absolute Gasteiger partial charge is 0.0534 e. The number of hydrogen-bond donors (Lipinski definition) is 1. The van der Waals surface area contributed by atoms with Crippen molar-refractivity contribution in [2.24, 2.45) is 18.7 Å². The van der Waals surface area contributed by atoms with E-state index < -0.39 is 0 Å². The fourth-order valence-corrected chi connectivity index (χ4v) is 2.54. The minimum absolute atomic E-state index is 0.0764. The second-order valence-corrected chi connectivity index (χ2v) is 5.63. The van der Waals surface area contributed by atoms with Gasteiger partial charge in [0.15, 0.2) is 0 Å². The van der Waals surface area contributed by atoms with E-state index in [4.69, 9.17) is 5.73 Å². The highest BCUT2D eigenvalue weighted by atomic mass is 15.2. The fourth-order valence-electron chi connectivity index (χ4n) is 2.54. The molecule has 0 spiro atoms. The Morgan fingerprint density at radius 2 is 2.00 bits per heavy atom. The molecule has 0 amide bonds. The lowest BCUT2D eigenvalue weighted by atomic mass is 9.95. The van der Waals surface area contributed by atoms with Crippen LogP contribution in [0.4, 0.5) is 0 Å². The third-order valence-electron chi connectivity index (χ3n) is 3.61. The van der Waals surface area contributed by atoms with Gasteiger partial charge in [0.2, 0.25) is 0 Å². The van der Waals surface area contributed by atoms with Gasteiger partial charge in [0.25, 0.3) is 0 Å². The topological polar surface area (TPSA) is 47.1 Å². The molecule has 2 rings (SSSR count). The molecule has 0 saturated heterocycles. The van der Waals surface area contributed by atoms with Crippen LogP contribution >= 0.6 is 0 Å². The van der Waals surface area contributed by atoms with Crippen LogP contribution in [0.3, 0.4) is 0 Å². The summed E-state index contributed by atoms with van der Waals surface area (Å²) in [6, 6.07) is 10.4. The second-order valence-electron chi connectivity index (χ2n) is 5.63. The van der Waals surface area contributed by atoms with Crippen molar-refractivity contribution >= 4 is 0 Å². The maximum atomic E-state index is 6.34. The molecule has 1 heterocycles. The number of rotatable bonds is 6. The zero-order valence-corrected chi connectivity index (χ0v) is 12.5. The van der Waals surface area contributed by atoms with Crippen molar-refractivity contribution in [3.63, 3.8) is 0 Å². The molecule has 0 bridgehead atoms. The molecule has 0 aliphatic rings. The lowest BCUT2D eigenvalue weighted by Gasteiger charge is -2.25. The number of benzene rings is 1. The SMILES string of the molecule is CC(CN(C)Cc1cnn(C)c1)C(N)c1ccccc1. The molecular formula is C16H24N4. The average Bonchev–Trinajstić information content (AvgIpc) is 2.84. The number of nitrogens with two attached hydrogens (primary N) is 1. The summed E-state index contributed by atoms with van der Waals surface area (Å²) in [7, 11) is 4.07. The standard InChI is InChI=1S/C16H24N4/c1-13(16(17)15-7-5-4-6-8-15)10-19(2)11-14-9-18-20(3)12-14/h4-9,12-13,16H,10-11,17H2,1-3H3. The Labute approximate surface area is 121 Å². The Balaban J connectivity index is 1.88.